The highest BCUT2D eigenvalue weighted by molar-refractivity contribution is 6.04. The molecule has 0 aliphatic carbocycles. The van der Waals surface area contributed by atoms with Crippen LogP contribution in [0.4, 0.5) is 20.7 Å². The van der Waals surface area contributed by atoms with Crippen molar-refractivity contribution < 1.29 is 18.7 Å². The maximum Gasteiger partial charge on any atom is 0.411 e. The molecule has 0 radical (unpaired) electrons. The van der Waals surface area contributed by atoms with Gasteiger partial charge in [0.05, 0.1) is 5.69 Å². The van der Waals surface area contributed by atoms with Crippen LogP contribution in [0.2, 0.25) is 0 Å². The minimum Gasteiger partial charge on any atom is -0.444 e. The Hall–Kier alpha value is -3.68. The number of carbonyl (C=O) groups is 2. The maximum absolute atomic E-state index is 14.0. The lowest BCUT2D eigenvalue weighted by Gasteiger charge is -2.17. The predicted molar refractivity (Wildman–Crippen MR) is 96.5 cm³/mol. The van der Waals surface area contributed by atoms with Crippen LogP contribution in [-0.2, 0) is 11.3 Å². The molecule has 2 amide bonds. The second-order valence-corrected chi connectivity index (χ2v) is 6.06. The van der Waals surface area contributed by atoms with Crippen LogP contribution >= 0.6 is 0 Å². The van der Waals surface area contributed by atoms with Crippen molar-refractivity contribution in [3.63, 3.8) is 0 Å². The van der Waals surface area contributed by atoms with E-state index < -0.39 is 11.9 Å². The Labute approximate surface area is 153 Å². The summed E-state index contributed by atoms with van der Waals surface area (Å²) in [5.74, 6) is -0.464. The van der Waals surface area contributed by atoms with Crippen molar-refractivity contribution in [2.75, 3.05) is 10.6 Å². The highest BCUT2D eigenvalue weighted by Gasteiger charge is 2.18. The maximum atomic E-state index is 14.0. The largest absolute Gasteiger partial charge is 0.444 e. The number of hydrogen-bond donors (Lipinski definition) is 2. The van der Waals surface area contributed by atoms with Crippen molar-refractivity contribution in [1.82, 2.24) is 9.78 Å². The zero-order valence-corrected chi connectivity index (χ0v) is 14.3. The van der Waals surface area contributed by atoms with E-state index in [0.29, 0.717) is 34.0 Å². The van der Waals surface area contributed by atoms with Crippen molar-refractivity contribution in [3.8, 4) is 5.69 Å². The van der Waals surface area contributed by atoms with E-state index >= 15 is 0 Å². The molecule has 136 valence electrons. The highest BCUT2D eigenvalue weighted by atomic mass is 19.1. The van der Waals surface area contributed by atoms with Gasteiger partial charge in [0.2, 0.25) is 0 Å². The molecule has 0 bridgehead atoms. The fraction of sp³-hybridized carbons (Fsp3) is 0.105. The number of anilines is 2. The number of carbonyl (C=O) groups excluding carboxylic acids is 2. The van der Waals surface area contributed by atoms with Gasteiger partial charge in [-0.25, -0.2) is 13.9 Å². The van der Waals surface area contributed by atoms with Crippen molar-refractivity contribution in [2.45, 2.75) is 13.5 Å². The molecule has 0 saturated carbocycles. The van der Waals surface area contributed by atoms with Gasteiger partial charge < -0.3 is 10.1 Å². The van der Waals surface area contributed by atoms with Crippen LogP contribution in [-0.4, -0.2) is 21.8 Å². The van der Waals surface area contributed by atoms with Gasteiger partial charge >= 0.3 is 6.09 Å². The molecule has 2 N–H and O–H groups in total. The van der Waals surface area contributed by atoms with Gasteiger partial charge in [0.25, 0.3) is 5.91 Å². The molecule has 4 rings (SSSR count). The van der Waals surface area contributed by atoms with Crippen molar-refractivity contribution in [3.05, 3.63) is 71.2 Å². The van der Waals surface area contributed by atoms with Gasteiger partial charge in [-0.2, -0.15) is 0 Å². The average Bonchev–Trinajstić information content (AvgIpc) is 3.01. The quantitative estimate of drug-likeness (QED) is 0.741. The number of hydrogen-bond acceptors (Lipinski definition) is 4. The van der Waals surface area contributed by atoms with Gasteiger partial charge in [-0.3, -0.25) is 10.1 Å². The SMILES string of the molecule is Cc1cc(NC(=O)c2ccc3c(c2)COC(=O)N3)nn1-c1ccccc1F. The molecule has 1 aromatic heterocycles. The smallest absolute Gasteiger partial charge is 0.411 e. The molecule has 0 unspecified atom stereocenters. The molecule has 2 aromatic carbocycles. The third-order valence-corrected chi connectivity index (χ3v) is 4.17. The van der Waals surface area contributed by atoms with E-state index in [1.165, 1.54) is 10.7 Å². The fourth-order valence-corrected chi connectivity index (χ4v) is 2.86. The first-order valence-electron chi connectivity index (χ1n) is 8.21. The number of cyclic esters (lactones) is 1. The Morgan fingerprint density at radius 2 is 2.07 bits per heavy atom. The number of nitrogens with zero attached hydrogens (tertiary/aromatic N) is 2. The molecule has 0 fully saturated rings. The van der Waals surface area contributed by atoms with E-state index in [4.69, 9.17) is 4.74 Å². The molecule has 0 spiro atoms. The topological polar surface area (TPSA) is 85.2 Å². The molecule has 3 aromatic rings. The number of fused-ring (bicyclic) bond motifs is 1. The third-order valence-electron chi connectivity index (χ3n) is 4.17. The lowest BCUT2D eigenvalue weighted by atomic mass is 10.1. The van der Waals surface area contributed by atoms with Gasteiger partial charge in [0.15, 0.2) is 5.82 Å². The molecular weight excluding hydrogens is 351 g/mol. The van der Waals surface area contributed by atoms with E-state index in [1.54, 1.807) is 49.4 Å². The summed E-state index contributed by atoms with van der Waals surface area (Å²) in [6, 6.07) is 12.8. The Morgan fingerprint density at radius 3 is 2.89 bits per heavy atom. The van der Waals surface area contributed by atoms with E-state index in [9.17, 15) is 14.0 Å². The van der Waals surface area contributed by atoms with Gasteiger partial charge in [-0.1, -0.05) is 12.1 Å². The van der Waals surface area contributed by atoms with Crippen molar-refractivity contribution in [1.29, 1.82) is 0 Å². The Kier molecular flexibility index (Phi) is 4.08. The molecule has 0 saturated heterocycles. The second kappa shape index (κ2) is 6.56. The molecule has 8 heteroatoms. The number of rotatable bonds is 3. The van der Waals surface area contributed by atoms with E-state index in [-0.39, 0.29) is 12.5 Å². The van der Waals surface area contributed by atoms with Crippen LogP contribution in [0.15, 0.2) is 48.5 Å². The summed E-state index contributed by atoms with van der Waals surface area (Å²) in [5, 5.41) is 9.54. The minimum atomic E-state index is -0.520. The van der Waals surface area contributed by atoms with Crippen LogP contribution in [0.3, 0.4) is 0 Å². The molecule has 2 heterocycles. The first-order valence-corrected chi connectivity index (χ1v) is 8.21. The van der Waals surface area contributed by atoms with Crippen molar-refractivity contribution in [2.24, 2.45) is 0 Å². The summed E-state index contributed by atoms with van der Waals surface area (Å²) in [6.45, 7) is 1.87. The number of nitrogens with one attached hydrogen (secondary N) is 2. The summed E-state index contributed by atoms with van der Waals surface area (Å²) in [5.41, 5.74) is 2.69. The highest BCUT2D eigenvalue weighted by Crippen LogP contribution is 2.23. The van der Waals surface area contributed by atoms with Crippen LogP contribution in [0, 0.1) is 12.7 Å². The minimum absolute atomic E-state index is 0.101. The summed E-state index contributed by atoms with van der Waals surface area (Å²) in [7, 11) is 0. The summed E-state index contributed by atoms with van der Waals surface area (Å²) >= 11 is 0. The number of halogens is 1. The summed E-state index contributed by atoms with van der Waals surface area (Å²) in [4.78, 5) is 23.7. The Bertz CT molecular complexity index is 1060. The zero-order chi connectivity index (χ0) is 19.0. The van der Waals surface area contributed by atoms with Crippen LogP contribution in [0.25, 0.3) is 5.69 Å². The molecule has 1 aliphatic rings. The Balaban J connectivity index is 1.56. The average molecular weight is 366 g/mol. The van der Waals surface area contributed by atoms with Gasteiger partial charge in [0, 0.05) is 22.9 Å². The molecule has 7 nitrogen and oxygen atoms in total. The number of para-hydroxylation sites is 1. The molecule has 0 atom stereocenters. The summed E-state index contributed by atoms with van der Waals surface area (Å²) in [6.07, 6.45) is -0.520. The van der Waals surface area contributed by atoms with Crippen molar-refractivity contribution >= 4 is 23.5 Å². The summed E-state index contributed by atoms with van der Waals surface area (Å²) < 4.78 is 20.3. The number of benzene rings is 2. The van der Waals surface area contributed by atoms with Crippen LogP contribution < -0.4 is 10.6 Å². The van der Waals surface area contributed by atoms with Crippen LogP contribution in [0.1, 0.15) is 21.6 Å². The predicted octanol–water partition coefficient (Wildman–Crippen LogP) is 3.63. The lowest BCUT2D eigenvalue weighted by molar-refractivity contribution is 0.102. The zero-order valence-electron chi connectivity index (χ0n) is 14.3. The van der Waals surface area contributed by atoms with E-state index in [2.05, 4.69) is 15.7 Å². The lowest BCUT2D eigenvalue weighted by Crippen LogP contribution is -2.21. The number of aryl methyl sites for hydroxylation is 1. The van der Waals surface area contributed by atoms with Gasteiger partial charge in [-0.15, -0.1) is 5.10 Å². The molecule has 27 heavy (non-hydrogen) atoms. The number of ether oxygens (including phenoxy) is 1. The monoisotopic (exact) mass is 366 g/mol. The normalized spacial score (nSPS) is 12.7. The number of amides is 2. The standard InChI is InChI=1S/C19H15FN4O3/c1-11-8-17(23-24(11)16-5-3-2-4-14(16)20)22-18(25)12-6-7-15-13(9-12)10-27-19(26)21-15/h2-9H,10H2,1H3,(H,21,26)(H,22,23,25). The molecular formula is C19H15FN4O3. The third kappa shape index (κ3) is 3.24. The Morgan fingerprint density at radius 1 is 1.26 bits per heavy atom. The first kappa shape index (κ1) is 16.8. The number of aromatic nitrogens is 2. The van der Waals surface area contributed by atoms with E-state index in [1.807, 2.05) is 0 Å². The first-order chi connectivity index (χ1) is 13.0. The van der Waals surface area contributed by atoms with Crippen LogP contribution in [0.5, 0.6) is 0 Å². The fourth-order valence-electron chi connectivity index (χ4n) is 2.86. The van der Waals surface area contributed by atoms with Gasteiger partial charge in [0.1, 0.15) is 18.1 Å². The molecule has 1 aliphatic heterocycles. The van der Waals surface area contributed by atoms with Gasteiger partial charge in [-0.05, 0) is 37.3 Å². The van der Waals surface area contributed by atoms with E-state index in [0.717, 1.165) is 0 Å². The second-order valence-electron chi connectivity index (χ2n) is 6.06.